The molecule has 0 saturated heterocycles. The third-order valence-corrected chi connectivity index (χ3v) is 5.96. The van der Waals surface area contributed by atoms with Gasteiger partial charge in [0.05, 0.1) is 29.8 Å². The van der Waals surface area contributed by atoms with Gasteiger partial charge in [-0.05, 0) is 37.7 Å². The number of H-pyrrole nitrogens is 2. The van der Waals surface area contributed by atoms with Gasteiger partial charge in [0.2, 0.25) is 5.91 Å². The van der Waals surface area contributed by atoms with Crippen molar-refractivity contribution < 1.29 is 9.90 Å². The summed E-state index contributed by atoms with van der Waals surface area (Å²) in [6, 6.07) is 4.15. The first-order chi connectivity index (χ1) is 15.6. The highest BCUT2D eigenvalue weighted by Gasteiger charge is 2.40. The number of hydrogen-bond donors (Lipinski definition) is 4. The van der Waals surface area contributed by atoms with E-state index in [1.54, 1.807) is 6.20 Å². The number of imidazole rings is 1. The largest absolute Gasteiger partial charge is 0.388 e. The van der Waals surface area contributed by atoms with Gasteiger partial charge >= 0.3 is 0 Å². The summed E-state index contributed by atoms with van der Waals surface area (Å²) in [6.45, 7) is 4.32. The van der Waals surface area contributed by atoms with Crippen LogP contribution in [0.3, 0.4) is 0 Å². The van der Waals surface area contributed by atoms with E-state index in [4.69, 9.17) is 5.26 Å². The van der Waals surface area contributed by atoms with Crippen molar-refractivity contribution in [2.75, 3.05) is 6.54 Å². The Morgan fingerprint density at radius 2 is 2.06 bits per heavy atom. The lowest BCUT2D eigenvalue weighted by Crippen LogP contribution is -2.34. The number of nitriles is 1. The van der Waals surface area contributed by atoms with Crippen LogP contribution in [0.1, 0.15) is 71.0 Å². The second-order valence-corrected chi connectivity index (χ2v) is 8.49. The molecule has 2 saturated carbocycles. The number of aromatic amines is 2. The quantitative estimate of drug-likeness (QED) is 0.476. The van der Waals surface area contributed by atoms with E-state index in [0.717, 1.165) is 47.2 Å². The molecule has 4 N–H and O–H groups in total. The maximum atomic E-state index is 11.9. The summed E-state index contributed by atoms with van der Waals surface area (Å²) >= 11 is 0. The summed E-state index contributed by atoms with van der Waals surface area (Å²) < 4.78 is 0. The Kier molecular flexibility index (Phi) is 8.23. The van der Waals surface area contributed by atoms with Crippen molar-refractivity contribution in [3.8, 4) is 6.07 Å². The number of nitrogens with zero attached hydrogens (tertiary/aromatic N) is 3. The molecule has 0 atom stereocenters. The second-order valence-electron chi connectivity index (χ2n) is 8.49. The number of fused-ring (bicyclic) bond motifs is 3. The number of hydrogen-bond acceptors (Lipinski definition) is 5. The Morgan fingerprint density at radius 1 is 1.31 bits per heavy atom. The van der Waals surface area contributed by atoms with E-state index in [9.17, 15) is 9.90 Å². The molecular formula is C24H34N6O2. The van der Waals surface area contributed by atoms with Crippen LogP contribution in [0.15, 0.2) is 18.5 Å². The van der Waals surface area contributed by atoms with E-state index in [-0.39, 0.29) is 12.3 Å². The molecule has 2 fully saturated rings. The van der Waals surface area contributed by atoms with E-state index >= 15 is 0 Å². The van der Waals surface area contributed by atoms with E-state index in [1.165, 1.54) is 32.1 Å². The van der Waals surface area contributed by atoms with Gasteiger partial charge < -0.3 is 20.4 Å². The number of aliphatic hydroxyl groups is 1. The number of carbonyl (C=O) groups excluding carboxylic acids is 1. The molecular weight excluding hydrogens is 404 g/mol. The Labute approximate surface area is 188 Å². The zero-order valence-corrected chi connectivity index (χ0v) is 19.1. The molecule has 32 heavy (non-hydrogen) atoms. The van der Waals surface area contributed by atoms with Crippen molar-refractivity contribution in [1.82, 2.24) is 25.3 Å². The molecule has 5 rings (SSSR count). The molecule has 2 aliphatic carbocycles. The molecule has 3 heterocycles. The predicted molar refractivity (Wildman–Crippen MR) is 125 cm³/mol. The minimum absolute atomic E-state index is 0.146. The molecule has 0 aromatic carbocycles. The normalized spacial score (nSPS) is 16.9. The molecule has 0 unspecified atom stereocenters. The van der Waals surface area contributed by atoms with Crippen LogP contribution >= 0.6 is 0 Å². The first-order valence-electron chi connectivity index (χ1n) is 11.7. The van der Waals surface area contributed by atoms with Crippen LogP contribution in [0.4, 0.5) is 0 Å². The number of rotatable bonds is 5. The number of aromatic nitrogens is 4. The Bertz CT molecular complexity index is 1050. The fraction of sp³-hybridized carbons (Fsp3) is 0.583. The molecule has 3 aromatic heterocycles. The van der Waals surface area contributed by atoms with Crippen molar-refractivity contribution in [3.63, 3.8) is 0 Å². The monoisotopic (exact) mass is 438 g/mol. The first-order valence-corrected chi connectivity index (χ1v) is 11.7. The summed E-state index contributed by atoms with van der Waals surface area (Å²) in [5, 5.41) is 21.7. The maximum absolute atomic E-state index is 11.9. The first kappa shape index (κ1) is 23.7. The number of carbonyl (C=O) groups is 1. The summed E-state index contributed by atoms with van der Waals surface area (Å²) in [4.78, 5) is 26.8. The molecule has 3 aromatic rings. The average molecular weight is 439 g/mol. The van der Waals surface area contributed by atoms with Crippen molar-refractivity contribution in [3.05, 3.63) is 24.3 Å². The molecule has 8 heteroatoms. The van der Waals surface area contributed by atoms with Crippen LogP contribution in [-0.2, 0) is 11.2 Å². The van der Waals surface area contributed by atoms with Gasteiger partial charge in [-0.1, -0.05) is 33.1 Å². The summed E-state index contributed by atoms with van der Waals surface area (Å²) in [5.41, 5.74) is 1.72. The number of pyridine rings is 1. The SMILES string of the molecule is CC.N#CCC1CCCCC1.O=C(Cc1nc2c(cnc3[nH]ccc32)[nH]1)NCC1(O)CC1. The van der Waals surface area contributed by atoms with Crippen LogP contribution < -0.4 is 5.32 Å². The zero-order valence-electron chi connectivity index (χ0n) is 19.1. The van der Waals surface area contributed by atoms with E-state index < -0.39 is 5.60 Å². The Balaban J connectivity index is 0.000000222. The molecule has 0 bridgehead atoms. The fourth-order valence-corrected chi connectivity index (χ4v) is 3.93. The van der Waals surface area contributed by atoms with E-state index in [2.05, 4.69) is 31.3 Å². The molecule has 1 amide bonds. The lowest BCUT2D eigenvalue weighted by atomic mass is 9.87. The molecule has 2 aliphatic rings. The van der Waals surface area contributed by atoms with Crippen molar-refractivity contribution in [2.45, 2.75) is 77.2 Å². The molecule has 0 radical (unpaired) electrons. The van der Waals surface area contributed by atoms with Crippen LogP contribution in [0, 0.1) is 17.2 Å². The fourth-order valence-electron chi connectivity index (χ4n) is 3.93. The summed E-state index contributed by atoms with van der Waals surface area (Å²) in [6.07, 6.45) is 12.7. The van der Waals surface area contributed by atoms with Gasteiger partial charge in [-0.15, -0.1) is 0 Å². The number of amides is 1. The molecule has 0 spiro atoms. The maximum Gasteiger partial charge on any atom is 0.227 e. The van der Waals surface area contributed by atoms with Gasteiger partial charge in [0, 0.05) is 24.5 Å². The van der Waals surface area contributed by atoms with Gasteiger partial charge in [-0.3, -0.25) is 4.79 Å². The van der Waals surface area contributed by atoms with Crippen LogP contribution in [0.5, 0.6) is 0 Å². The molecule has 0 aliphatic heterocycles. The smallest absolute Gasteiger partial charge is 0.227 e. The molecule has 8 nitrogen and oxygen atoms in total. The van der Waals surface area contributed by atoms with Gasteiger partial charge in [-0.2, -0.15) is 5.26 Å². The average Bonchev–Trinajstić information content (AvgIpc) is 3.18. The third-order valence-electron chi connectivity index (χ3n) is 5.96. The van der Waals surface area contributed by atoms with Crippen molar-refractivity contribution in [2.24, 2.45) is 5.92 Å². The highest BCUT2D eigenvalue weighted by molar-refractivity contribution is 6.00. The highest BCUT2D eigenvalue weighted by atomic mass is 16.3. The van der Waals surface area contributed by atoms with E-state index in [0.29, 0.717) is 12.4 Å². The van der Waals surface area contributed by atoms with Crippen LogP contribution in [-0.4, -0.2) is 43.1 Å². The lowest BCUT2D eigenvalue weighted by molar-refractivity contribution is -0.121. The van der Waals surface area contributed by atoms with Gasteiger partial charge in [0.15, 0.2) is 0 Å². The molecule has 172 valence electrons. The van der Waals surface area contributed by atoms with Crippen LogP contribution in [0.2, 0.25) is 0 Å². The Morgan fingerprint density at radius 3 is 2.75 bits per heavy atom. The summed E-state index contributed by atoms with van der Waals surface area (Å²) in [5.74, 6) is 1.19. The second kappa shape index (κ2) is 11.1. The number of nitrogens with one attached hydrogen (secondary N) is 3. The van der Waals surface area contributed by atoms with E-state index in [1.807, 2.05) is 26.1 Å². The minimum atomic E-state index is -0.676. The highest BCUT2D eigenvalue weighted by Crippen LogP contribution is 2.33. The van der Waals surface area contributed by atoms with Crippen LogP contribution in [0.25, 0.3) is 22.1 Å². The summed E-state index contributed by atoms with van der Waals surface area (Å²) in [7, 11) is 0. The predicted octanol–water partition coefficient (Wildman–Crippen LogP) is 4.13. The third kappa shape index (κ3) is 6.30. The van der Waals surface area contributed by atoms with Gasteiger partial charge in [-0.25, -0.2) is 9.97 Å². The van der Waals surface area contributed by atoms with Crippen molar-refractivity contribution in [1.29, 1.82) is 5.26 Å². The lowest BCUT2D eigenvalue weighted by Gasteiger charge is -2.17. The topological polar surface area (TPSA) is 130 Å². The van der Waals surface area contributed by atoms with Gasteiger partial charge in [0.1, 0.15) is 17.0 Å². The standard InChI is InChI=1S/C14H15N5O2.C8H13N.C2H6/c20-11(17-7-14(21)2-3-14)5-10-18-9-6-16-13-8(1-4-15-13)12(9)19-10;9-7-6-8-4-2-1-3-5-8;1-2/h1,4,6,21H,2-3,5,7H2,(H,15,16)(H,17,20)(H,18,19);8H,1-6H2;1-2H3. The zero-order chi connectivity index (χ0) is 23.0. The Hall–Kier alpha value is -2.92. The minimum Gasteiger partial charge on any atom is -0.388 e. The van der Waals surface area contributed by atoms with Gasteiger partial charge in [0.25, 0.3) is 0 Å². The van der Waals surface area contributed by atoms with Crippen molar-refractivity contribution >= 4 is 28.0 Å².